The van der Waals surface area contributed by atoms with E-state index < -0.39 is 11.6 Å². The van der Waals surface area contributed by atoms with Crippen molar-refractivity contribution in [2.75, 3.05) is 10.6 Å². The molecule has 4 aromatic rings. The summed E-state index contributed by atoms with van der Waals surface area (Å²) < 4.78 is 7.68. The molecular weight excluding hydrogens is 488 g/mol. The molecule has 0 bridgehead atoms. The third-order valence-corrected chi connectivity index (χ3v) is 7.62. The number of anilines is 2. The molecule has 0 radical (unpaired) electrons. The molecule has 9 heteroatoms. The number of rotatable bonds is 3. The maximum absolute atomic E-state index is 14.0. The Labute approximate surface area is 215 Å². The summed E-state index contributed by atoms with van der Waals surface area (Å²) in [5.74, 6) is 0.370. The van der Waals surface area contributed by atoms with E-state index in [1.54, 1.807) is 38.1 Å². The Hall–Kier alpha value is -4.50. The number of allylic oxidation sites excluding steroid dienone is 1. The number of nitrogens with zero attached hydrogens (tertiary/aromatic N) is 2. The van der Waals surface area contributed by atoms with E-state index in [4.69, 9.17) is 4.42 Å². The predicted octanol–water partition coefficient (Wildman–Crippen LogP) is 3.41. The summed E-state index contributed by atoms with van der Waals surface area (Å²) in [6.45, 7) is 5.46. The number of para-hydroxylation sites is 2. The van der Waals surface area contributed by atoms with Crippen LogP contribution in [-0.4, -0.2) is 16.4 Å². The molecule has 0 saturated carbocycles. The van der Waals surface area contributed by atoms with Gasteiger partial charge in [0.05, 0.1) is 16.8 Å². The van der Waals surface area contributed by atoms with Crippen molar-refractivity contribution in [1.29, 1.82) is 0 Å². The number of furan rings is 1. The first-order valence-electron chi connectivity index (χ1n) is 11.7. The van der Waals surface area contributed by atoms with E-state index in [1.807, 2.05) is 43.3 Å². The van der Waals surface area contributed by atoms with Crippen LogP contribution >= 0.6 is 11.3 Å². The number of nitrogens with one attached hydrogen (secondary N) is 2. The van der Waals surface area contributed by atoms with Crippen molar-refractivity contribution in [2.24, 2.45) is 4.99 Å². The topological polar surface area (TPSA) is 106 Å². The van der Waals surface area contributed by atoms with Gasteiger partial charge in [-0.15, -0.1) is 0 Å². The lowest BCUT2D eigenvalue weighted by molar-refractivity contribution is -0.113. The molecule has 2 aromatic carbocycles. The van der Waals surface area contributed by atoms with Gasteiger partial charge in [-0.2, -0.15) is 0 Å². The highest BCUT2D eigenvalue weighted by molar-refractivity contribution is 7.07. The lowest BCUT2D eigenvalue weighted by Crippen LogP contribution is -2.41. The van der Waals surface area contributed by atoms with Gasteiger partial charge in [-0.25, -0.2) is 4.99 Å². The van der Waals surface area contributed by atoms with Crippen LogP contribution in [-0.2, 0) is 9.59 Å². The number of carbonyl (C=O) groups excluding carboxylic acids is 2. The number of hydrogen-bond donors (Lipinski definition) is 2. The van der Waals surface area contributed by atoms with Gasteiger partial charge in [0.2, 0.25) is 0 Å². The summed E-state index contributed by atoms with van der Waals surface area (Å²) in [6, 6.07) is 17.4. The van der Waals surface area contributed by atoms with E-state index >= 15 is 0 Å². The number of benzene rings is 2. The molecule has 2 amide bonds. The first-order chi connectivity index (χ1) is 17.8. The summed E-state index contributed by atoms with van der Waals surface area (Å²) in [4.78, 5) is 45.6. The molecule has 184 valence electrons. The summed E-state index contributed by atoms with van der Waals surface area (Å²) in [7, 11) is 0. The second-order valence-electron chi connectivity index (χ2n) is 8.99. The Morgan fingerprint density at radius 3 is 2.54 bits per heavy atom. The average Bonchev–Trinajstić information content (AvgIpc) is 3.54. The van der Waals surface area contributed by atoms with Crippen LogP contribution in [0.3, 0.4) is 0 Å². The largest absolute Gasteiger partial charge is 0.464 e. The molecule has 2 aliphatic rings. The predicted molar refractivity (Wildman–Crippen MR) is 141 cm³/mol. The molecule has 1 atom stereocenters. The molecule has 0 saturated heterocycles. The van der Waals surface area contributed by atoms with Gasteiger partial charge in [-0.05, 0) is 50.6 Å². The highest BCUT2D eigenvalue weighted by Crippen LogP contribution is 2.33. The Bertz CT molecular complexity index is 1840. The molecule has 2 aromatic heterocycles. The van der Waals surface area contributed by atoms with E-state index in [0.717, 1.165) is 16.9 Å². The van der Waals surface area contributed by atoms with E-state index in [2.05, 4.69) is 15.6 Å². The number of hydrogen-bond acceptors (Lipinski definition) is 6. The van der Waals surface area contributed by atoms with E-state index in [0.29, 0.717) is 50.1 Å². The van der Waals surface area contributed by atoms with Gasteiger partial charge in [0.1, 0.15) is 22.1 Å². The van der Waals surface area contributed by atoms with Crippen LogP contribution in [0.2, 0.25) is 0 Å². The molecular formula is C28H22N4O4S. The minimum absolute atomic E-state index is 0.267. The Morgan fingerprint density at radius 1 is 1.03 bits per heavy atom. The highest BCUT2D eigenvalue weighted by Gasteiger charge is 2.36. The maximum Gasteiger partial charge on any atom is 0.272 e. The van der Waals surface area contributed by atoms with Crippen LogP contribution in [0.1, 0.15) is 35.6 Å². The Balaban J connectivity index is 1.57. The molecule has 6 rings (SSSR count). The number of thiazole rings is 1. The molecule has 0 aliphatic carbocycles. The van der Waals surface area contributed by atoms with Gasteiger partial charge in [0.15, 0.2) is 4.80 Å². The van der Waals surface area contributed by atoms with Gasteiger partial charge < -0.3 is 15.1 Å². The maximum atomic E-state index is 14.0. The fourth-order valence-corrected chi connectivity index (χ4v) is 5.92. The fraction of sp³-hybridized carbons (Fsp3) is 0.143. The second-order valence-corrected chi connectivity index (χ2v) is 9.97. The standard InChI is InChI=1S/C28H22N4O4S/c1-14-8-4-6-10-18(14)30-25(33)21-16(3)29-28-32(23(21)20-13-12-15(2)36-20)27(35)24(37-28)22-17-9-5-7-11-19(17)31-26(22)34/h4-13,23H,1-3H3,(H,30,33)(H,31,34)/b24-22-/t23-/m1/s1. The fourth-order valence-electron chi connectivity index (χ4n) is 4.78. The van der Waals surface area contributed by atoms with Crippen molar-refractivity contribution in [3.63, 3.8) is 0 Å². The van der Waals surface area contributed by atoms with E-state index in [9.17, 15) is 14.4 Å². The minimum Gasteiger partial charge on any atom is -0.464 e. The zero-order chi connectivity index (χ0) is 25.8. The number of carbonyl (C=O) groups is 2. The SMILES string of the molecule is CC1=C(C(=O)Nc2ccccc2C)[C@@H](c2ccc(C)o2)n2c(s/c(=C3\C(=O)Nc4ccccc43)c2=O)=N1. The lowest BCUT2D eigenvalue weighted by atomic mass is 10.00. The van der Waals surface area contributed by atoms with Crippen molar-refractivity contribution in [2.45, 2.75) is 26.8 Å². The second kappa shape index (κ2) is 8.56. The first kappa shape index (κ1) is 22.9. The van der Waals surface area contributed by atoms with Crippen molar-refractivity contribution >= 4 is 40.1 Å². The minimum atomic E-state index is -0.844. The van der Waals surface area contributed by atoms with Gasteiger partial charge in [0, 0.05) is 16.9 Å². The number of amides is 2. The first-order valence-corrected chi connectivity index (χ1v) is 12.5. The van der Waals surface area contributed by atoms with Crippen molar-refractivity contribution in [1.82, 2.24) is 4.57 Å². The van der Waals surface area contributed by atoms with Crippen molar-refractivity contribution in [3.8, 4) is 0 Å². The Kier molecular flexibility index (Phi) is 5.31. The van der Waals surface area contributed by atoms with Crippen LogP contribution < -0.4 is 25.5 Å². The zero-order valence-corrected chi connectivity index (χ0v) is 21.1. The average molecular weight is 511 g/mol. The molecule has 8 nitrogen and oxygen atoms in total. The smallest absolute Gasteiger partial charge is 0.272 e. The summed E-state index contributed by atoms with van der Waals surface area (Å²) in [5, 5.41) is 5.80. The molecule has 4 heterocycles. The third kappa shape index (κ3) is 3.66. The third-order valence-electron chi connectivity index (χ3n) is 6.56. The number of aryl methyl sites for hydroxylation is 2. The molecule has 0 unspecified atom stereocenters. The molecule has 37 heavy (non-hydrogen) atoms. The van der Waals surface area contributed by atoms with Gasteiger partial charge in [0.25, 0.3) is 17.4 Å². The quantitative estimate of drug-likeness (QED) is 0.441. The van der Waals surface area contributed by atoms with Crippen LogP contribution in [0.5, 0.6) is 0 Å². The van der Waals surface area contributed by atoms with Gasteiger partial charge in [-0.3, -0.25) is 19.0 Å². The normalized spacial score (nSPS) is 17.7. The highest BCUT2D eigenvalue weighted by atomic mass is 32.1. The summed E-state index contributed by atoms with van der Waals surface area (Å²) >= 11 is 1.13. The molecule has 0 spiro atoms. The van der Waals surface area contributed by atoms with Crippen LogP contribution in [0, 0.1) is 13.8 Å². The van der Waals surface area contributed by atoms with Crippen LogP contribution in [0.4, 0.5) is 11.4 Å². The summed E-state index contributed by atoms with van der Waals surface area (Å²) in [6.07, 6.45) is 0. The lowest BCUT2D eigenvalue weighted by Gasteiger charge is -2.23. The van der Waals surface area contributed by atoms with Crippen LogP contribution in [0.15, 0.2) is 86.1 Å². The number of fused-ring (bicyclic) bond motifs is 2. The summed E-state index contributed by atoms with van der Waals surface area (Å²) in [5.41, 5.74) is 3.57. The molecule has 2 N–H and O–H groups in total. The molecule has 0 fully saturated rings. The van der Waals surface area contributed by atoms with E-state index in [-0.39, 0.29) is 16.3 Å². The number of aromatic nitrogens is 1. The zero-order valence-electron chi connectivity index (χ0n) is 20.3. The van der Waals surface area contributed by atoms with Gasteiger partial charge in [-0.1, -0.05) is 47.7 Å². The Morgan fingerprint density at radius 2 is 1.78 bits per heavy atom. The molecule has 2 aliphatic heterocycles. The van der Waals surface area contributed by atoms with E-state index in [1.165, 1.54) is 4.57 Å². The van der Waals surface area contributed by atoms with Crippen molar-refractivity contribution < 1.29 is 14.0 Å². The van der Waals surface area contributed by atoms with Gasteiger partial charge >= 0.3 is 0 Å². The monoisotopic (exact) mass is 510 g/mol. The van der Waals surface area contributed by atoms with Crippen molar-refractivity contribution in [3.05, 3.63) is 114 Å². The van der Waals surface area contributed by atoms with Crippen LogP contribution in [0.25, 0.3) is 5.57 Å².